The Kier molecular flexibility index (Phi) is 8.35. The molecular weight excluding hydrogens is 420 g/mol. The number of aliphatic hydroxyl groups is 1. The number of hydrogen-bond donors (Lipinski definition) is 1. The van der Waals surface area contributed by atoms with Gasteiger partial charge in [0, 0.05) is 18.6 Å². The molecule has 0 radical (unpaired) electrons. The summed E-state index contributed by atoms with van der Waals surface area (Å²) in [5.41, 5.74) is 4.23. The van der Waals surface area contributed by atoms with Crippen LogP contribution in [0.4, 0.5) is 0 Å². The third-order valence-electron chi connectivity index (χ3n) is 7.57. The molecule has 0 aromatic heterocycles. The topological polar surface area (TPSA) is 82.1 Å². The van der Waals surface area contributed by atoms with Crippen LogP contribution in [0.3, 0.4) is 0 Å². The summed E-state index contributed by atoms with van der Waals surface area (Å²) in [6.07, 6.45) is 10.9. The maximum absolute atomic E-state index is 11.6. The van der Waals surface area contributed by atoms with Crippen molar-refractivity contribution < 1.29 is 28.9 Å². The Bertz CT molecular complexity index is 866. The van der Waals surface area contributed by atoms with Gasteiger partial charge in [0.1, 0.15) is 0 Å². The van der Waals surface area contributed by atoms with Gasteiger partial charge in [-0.1, -0.05) is 43.2 Å². The van der Waals surface area contributed by atoms with Crippen molar-refractivity contribution in [1.29, 1.82) is 0 Å². The van der Waals surface area contributed by atoms with E-state index in [0.717, 1.165) is 24.8 Å². The van der Waals surface area contributed by atoms with Gasteiger partial charge in [-0.05, 0) is 75.7 Å². The van der Waals surface area contributed by atoms with Crippen LogP contribution in [-0.2, 0) is 23.8 Å². The van der Waals surface area contributed by atoms with Gasteiger partial charge in [0.2, 0.25) is 0 Å². The first-order valence-corrected chi connectivity index (χ1v) is 12.1. The van der Waals surface area contributed by atoms with Gasteiger partial charge in [-0.2, -0.15) is 0 Å². The van der Waals surface area contributed by atoms with Crippen molar-refractivity contribution in [2.75, 3.05) is 0 Å². The van der Waals surface area contributed by atoms with Gasteiger partial charge in [0.25, 0.3) is 6.29 Å². The molecule has 0 bridgehead atoms. The monoisotopic (exact) mass is 458 g/mol. The molecule has 0 aromatic rings. The Hall–Kier alpha value is -2.18. The lowest BCUT2D eigenvalue weighted by Gasteiger charge is -2.35. The summed E-state index contributed by atoms with van der Waals surface area (Å²) < 4.78 is 15.8. The van der Waals surface area contributed by atoms with Crippen LogP contribution in [-0.4, -0.2) is 35.7 Å². The summed E-state index contributed by atoms with van der Waals surface area (Å²) in [5.74, 6) is -0.427. The number of ether oxygens (including phenoxy) is 3. The van der Waals surface area contributed by atoms with Gasteiger partial charge in [0.05, 0.1) is 6.10 Å². The van der Waals surface area contributed by atoms with Crippen LogP contribution in [0.1, 0.15) is 79.1 Å². The van der Waals surface area contributed by atoms with Gasteiger partial charge >= 0.3 is 11.9 Å². The Balaban J connectivity index is 1.51. The van der Waals surface area contributed by atoms with Crippen molar-refractivity contribution in [2.24, 2.45) is 11.3 Å². The molecule has 3 aliphatic rings. The molecule has 2 aliphatic heterocycles. The summed E-state index contributed by atoms with van der Waals surface area (Å²) in [6.45, 7) is 12.3. The van der Waals surface area contributed by atoms with E-state index in [-0.39, 0.29) is 5.41 Å². The lowest BCUT2D eigenvalue weighted by Crippen LogP contribution is -2.33. The minimum absolute atomic E-state index is 0.282. The van der Waals surface area contributed by atoms with E-state index in [9.17, 15) is 14.7 Å². The molecule has 3 rings (SSSR count). The largest absolute Gasteiger partial charge is 0.421 e. The van der Waals surface area contributed by atoms with Crippen LogP contribution < -0.4 is 0 Å². The van der Waals surface area contributed by atoms with Crippen molar-refractivity contribution in [3.8, 4) is 0 Å². The highest BCUT2D eigenvalue weighted by molar-refractivity contribution is 5.86. The van der Waals surface area contributed by atoms with E-state index in [2.05, 4.69) is 33.4 Å². The second kappa shape index (κ2) is 10.8. The van der Waals surface area contributed by atoms with E-state index >= 15 is 0 Å². The second-order valence-electron chi connectivity index (χ2n) is 9.83. The molecule has 0 aromatic carbocycles. The van der Waals surface area contributed by atoms with Gasteiger partial charge in [-0.3, -0.25) is 4.79 Å². The maximum atomic E-state index is 11.6. The normalized spacial score (nSPS) is 32.3. The Labute approximate surface area is 197 Å². The van der Waals surface area contributed by atoms with Crippen LogP contribution in [0.15, 0.2) is 47.1 Å². The van der Waals surface area contributed by atoms with Crippen molar-refractivity contribution in [2.45, 2.75) is 97.7 Å². The molecule has 1 N–H and O–H groups in total. The summed E-state index contributed by atoms with van der Waals surface area (Å²) in [7, 11) is 0. The summed E-state index contributed by atoms with van der Waals surface area (Å²) in [6, 6.07) is 0. The molecule has 1 fully saturated rings. The zero-order valence-electron chi connectivity index (χ0n) is 20.4. The molecule has 0 saturated heterocycles. The molecule has 2 heterocycles. The van der Waals surface area contributed by atoms with Crippen molar-refractivity contribution in [3.63, 3.8) is 0 Å². The van der Waals surface area contributed by atoms with Crippen molar-refractivity contribution in [3.05, 3.63) is 47.1 Å². The van der Waals surface area contributed by atoms with Crippen LogP contribution in [0, 0.1) is 11.3 Å². The van der Waals surface area contributed by atoms with E-state index in [1.807, 2.05) is 6.08 Å². The van der Waals surface area contributed by atoms with Gasteiger partial charge in [-0.25, -0.2) is 4.79 Å². The summed E-state index contributed by atoms with van der Waals surface area (Å²) >= 11 is 0. The first kappa shape index (κ1) is 25.4. The minimum Gasteiger partial charge on any atom is -0.421 e. The lowest BCUT2D eigenvalue weighted by molar-refractivity contribution is -0.176. The number of hydrogen-bond acceptors (Lipinski definition) is 6. The van der Waals surface area contributed by atoms with Gasteiger partial charge in [-0.15, -0.1) is 0 Å². The minimum atomic E-state index is -1.09. The molecule has 1 saturated carbocycles. The Morgan fingerprint density at radius 2 is 2.12 bits per heavy atom. The van der Waals surface area contributed by atoms with Crippen LogP contribution >= 0.6 is 0 Å². The van der Waals surface area contributed by atoms with E-state index in [0.29, 0.717) is 24.3 Å². The van der Waals surface area contributed by atoms with E-state index in [4.69, 9.17) is 14.2 Å². The predicted octanol–water partition coefficient (Wildman–Crippen LogP) is 5.28. The van der Waals surface area contributed by atoms with Crippen molar-refractivity contribution >= 4 is 11.9 Å². The lowest BCUT2D eigenvalue weighted by atomic mass is 9.70. The third-order valence-corrected chi connectivity index (χ3v) is 7.57. The number of esters is 2. The second-order valence-corrected chi connectivity index (χ2v) is 9.83. The predicted molar refractivity (Wildman–Crippen MR) is 126 cm³/mol. The highest BCUT2D eigenvalue weighted by atomic mass is 16.7. The number of rotatable bonds is 9. The van der Waals surface area contributed by atoms with Gasteiger partial charge < -0.3 is 19.3 Å². The summed E-state index contributed by atoms with van der Waals surface area (Å²) in [4.78, 5) is 22.9. The highest BCUT2D eigenvalue weighted by Crippen LogP contribution is 2.51. The number of aliphatic hydroxyl groups excluding tert-OH is 1. The van der Waals surface area contributed by atoms with Crippen LogP contribution in [0.25, 0.3) is 0 Å². The molecule has 0 unspecified atom stereocenters. The van der Waals surface area contributed by atoms with Gasteiger partial charge in [0.15, 0.2) is 6.29 Å². The number of allylic oxidation sites excluding steroid dienone is 3. The molecule has 0 amide bonds. The quantitative estimate of drug-likeness (QED) is 0.374. The molecule has 5 atom stereocenters. The molecule has 182 valence electrons. The fraction of sp³-hybridized carbons (Fsp3) is 0.630. The Morgan fingerprint density at radius 1 is 1.36 bits per heavy atom. The zero-order chi connectivity index (χ0) is 24.2. The number of carbonyl (C=O) groups excluding carboxylic acids is 2. The van der Waals surface area contributed by atoms with Crippen LogP contribution in [0.5, 0.6) is 0 Å². The first-order chi connectivity index (χ1) is 15.6. The Morgan fingerprint density at radius 3 is 2.73 bits per heavy atom. The molecule has 33 heavy (non-hydrogen) atoms. The third kappa shape index (κ3) is 6.04. The van der Waals surface area contributed by atoms with E-state index in [1.165, 1.54) is 43.4 Å². The molecule has 6 nitrogen and oxygen atoms in total. The van der Waals surface area contributed by atoms with E-state index < -0.39 is 30.6 Å². The van der Waals surface area contributed by atoms with Crippen LogP contribution in [0.2, 0.25) is 0 Å². The SMILES string of the molecule is C=C(C)[C@@]1(CC/C(C)=C/CCC2=CC[C@H](C3=CC(=O)O[C@H]3OC(C)=O)O[C@@H]2O)CCC[C@H]1C. The maximum Gasteiger partial charge on any atom is 0.334 e. The number of carbonyl (C=O) groups is 2. The fourth-order valence-corrected chi connectivity index (χ4v) is 5.47. The standard InChI is InChI=1S/C27H38O6/c1-17(2)27(14-7-9-19(27)4)15-13-18(3)8-6-10-21-11-12-23(32-25(21)30)22-16-24(29)33-26(22)31-20(5)28/h8,11,16,19,23,25-26,30H,1,6-7,9-10,12-15H2,2-5H3/b18-8+/t19-,23-,25+,26-,27+/m1/s1. The van der Waals surface area contributed by atoms with E-state index in [1.54, 1.807) is 0 Å². The molecule has 0 spiro atoms. The highest BCUT2D eigenvalue weighted by Gasteiger charge is 2.40. The average molecular weight is 459 g/mol. The fourth-order valence-electron chi connectivity index (χ4n) is 5.47. The zero-order valence-corrected chi connectivity index (χ0v) is 20.4. The molecule has 1 aliphatic carbocycles. The van der Waals surface area contributed by atoms with Crippen molar-refractivity contribution in [1.82, 2.24) is 0 Å². The summed E-state index contributed by atoms with van der Waals surface area (Å²) in [5, 5.41) is 10.5. The molecular formula is C27H38O6. The smallest absolute Gasteiger partial charge is 0.334 e. The first-order valence-electron chi connectivity index (χ1n) is 12.1. The molecule has 6 heteroatoms. The number of cyclic esters (lactones) is 1. The average Bonchev–Trinajstić information content (AvgIpc) is 3.29.